The molecule has 0 atom stereocenters. The second-order valence-corrected chi connectivity index (χ2v) is 5.93. The monoisotopic (exact) mass is 436 g/mol. The van der Waals surface area contributed by atoms with Gasteiger partial charge in [0.1, 0.15) is 6.54 Å². The third-order valence-corrected chi connectivity index (χ3v) is 3.94. The van der Waals surface area contributed by atoms with Crippen molar-refractivity contribution in [3.05, 3.63) is 12.7 Å². The highest BCUT2D eigenvalue weighted by Crippen LogP contribution is 2.17. The first-order valence-electron chi connectivity index (χ1n) is 8.57. The third-order valence-electron chi connectivity index (χ3n) is 3.94. The molecule has 1 amide bonds. The van der Waals surface area contributed by atoms with Crippen LogP contribution in [0.15, 0.2) is 17.6 Å². The topological polar surface area (TPSA) is 56.7 Å². The number of hydrogen-bond acceptors (Lipinski definition) is 2. The van der Waals surface area contributed by atoms with Gasteiger partial charge in [0, 0.05) is 26.2 Å². The summed E-state index contributed by atoms with van der Waals surface area (Å²) < 4.78 is 0. The molecule has 0 aliphatic heterocycles. The molecule has 0 heterocycles. The van der Waals surface area contributed by atoms with Gasteiger partial charge in [-0.3, -0.25) is 4.79 Å². The van der Waals surface area contributed by atoms with E-state index in [-0.39, 0.29) is 36.4 Å². The van der Waals surface area contributed by atoms with Gasteiger partial charge >= 0.3 is 0 Å². The molecule has 0 bridgehead atoms. The zero-order chi connectivity index (χ0) is 16.2. The van der Waals surface area contributed by atoms with Crippen LogP contribution < -0.4 is 10.6 Å². The van der Waals surface area contributed by atoms with E-state index >= 15 is 0 Å². The van der Waals surface area contributed by atoms with Gasteiger partial charge in [-0.2, -0.15) is 0 Å². The molecular weight excluding hydrogens is 403 g/mol. The van der Waals surface area contributed by atoms with E-state index in [4.69, 9.17) is 0 Å². The van der Waals surface area contributed by atoms with Gasteiger partial charge in [0.15, 0.2) is 5.96 Å². The van der Waals surface area contributed by atoms with Crippen molar-refractivity contribution in [1.82, 2.24) is 15.5 Å². The lowest BCUT2D eigenvalue weighted by atomic mass is 9.95. The zero-order valence-corrected chi connectivity index (χ0v) is 17.0. The normalized spacial score (nSPS) is 15.5. The predicted octanol–water partition coefficient (Wildman–Crippen LogP) is 2.92. The Kier molecular flexibility index (Phi) is 13.2. The highest BCUT2D eigenvalue weighted by atomic mass is 127. The summed E-state index contributed by atoms with van der Waals surface area (Å²) in [5, 5.41) is 6.34. The van der Waals surface area contributed by atoms with Crippen LogP contribution in [0.4, 0.5) is 0 Å². The SMILES string of the molecule is C=CCCCN(C)C(=NCC(=O)NC1CCCCC1)NCC.I. The minimum Gasteiger partial charge on any atom is -0.357 e. The van der Waals surface area contributed by atoms with Crippen molar-refractivity contribution in [2.75, 3.05) is 26.7 Å². The maximum atomic E-state index is 12.0. The lowest BCUT2D eigenvalue weighted by molar-refractivity contribution is -0.120. The summed E-state index contributed by atoms with van der Waals surface area (Å²) in [5.74, 6) is 0.826. The van der Waals surface area contributed by atoms with E-state index in [1.807, 2.05) is 20.0 Å². The van der Waals surface area contributed by atoms with E-state index in [1.54, 1.807) is 0 Å². The maximum absolute atomic E-state index is 12.0. The van der Waals surface area contributed by atoms with Crippen LogP contribution in [0.2, 0.25) is 0 Å². The fourth-order valence-electron chi connectivity index (χ4n) is 2.72. The van der Waals surface area contributed by atoms with Crippen LogP contribution in [0.1, 0.15) is 51.9 Å². The van der Waals surface area contributed by atoms with E-state index < -0.39 is 0 Å². The Bertz CT molecular complexity index is 368. The first kappa shape index (κ1) is 22.2. The number of amides is 1. The van der Waals surface area contributed by atoms with Gasteiger partial charge in [0.05, 0.1) is 0 Å². The van der Waals surface area contributed by atoms with Crippen LogP contribution >= 0.6 is 24.0 Å². The summed E-state index contributed by atoms with van der Waals surface area (Å²) >= 11 is 0. The van der Waals surface area contributed by atoms with Gasteiger partial charge in [-0.05, 0) is 32.6 Å². The number of halogens is 1. The van der Waals surface area contributed by atoms with Crippen LogP contribution in [0, 0.1) is 0 Å². The highest BCUT2D eigenvalue weighted by Gasteiger charge is 2.15. The standard InChI is InChI=1S/C17H32N4O.HI/c1-4-6-10-13-21(3)17(18-5-2)19-14-16(22)20-15-11-8-7-9-12-15;/h4,15H,1,5-14H2,2-3H3,(H,18,19)(H,20,22);1H. The molecule has 1 saturated carbocycles. The minimum atomic E-state index is 0. The van der Waals surface area contributed by atoms with Crippen molar-refractivity contribution in [3.8, 4) is 0 Å². The van der Waals surface area contributed by atoms with E-state index in [0.717, 1.165) is 44.7 Å². The average molecular weight is 436 g/mol. The molecule has 1 fully saturated rings. The number of unbranched alkanes of at least 4 members (excludes halogenated alkanes) is 1. The Balaban J connectivity index is 0.00000484. The number of carbonyl (C=O) groups is 1. The van der Waals surface area contributed by atoms with Gasteiger partial charge in [0.25, 0.3) is 0 Å². The quantitative estimate of drug-likeness (QED) is 0.202. The fourth-order valence-corrected chi connectivity index (χ4v) is 2.72. The molecule has 1 rings (SSSR count). The molecule has 0 saturated heterocycles. The predicted molar refractivity (Wildman–Crippen MR) is 108 cm³/mol. The van der Waals surface area contributed by atoms with E-state index in [1.165, 1.54) is 19.3 Å². The second-order valence-electron chi connectivity index (χ2n) is 5.93. The Morgan fingerprint density at radius 3 is 2.65 bits per heavy atom. The number of nitrogens with zero attached hydrogens (tertiary/aromatic N) is 2. The number of allylic oxidation sites excluding steroid dienone is 1. The minimum absolute atomic E-state index is 0. The number of carbonyl (C=O) groups excluding carboxylic acids is 1. The lowest BCUT2D eigenvalue weighted by Crippen LogP contribution is -2.41. The van der Waals surface area contributed by atoms with Gasteiger partial charge < -0.3 is 15.5 Å². The smallest absolute Gasteiger partial charge is 0.242 e. The van der Waals surface area contributed by atoms with Gasteiger partial charge in [0.2, 0.25) is 5.91 Å². The van der Waals surface area contributed by atoms with Crippen molar-refractivity contribution in [2.24, 2.45) is 4.99 Å². The lowest BCUT2D eigenvalue weighted by Gasteiger charge is -2.23. The molecule has 0 aromatic rings. The summed E-state index contributed by atoms with van der Waals surface area (Å²) in [6.07, 6.45) is 9.92. The molecule has 0 aromatic carbocycles. The molecule has 23 heavy (non-hydrogen) atoms. The second kappa shape index (κ2) is 13.6. The van der Waals surface area contributed by atoms with Crippen molar-refractivity contribution in [3.63, 3.8) is 0 Å². The molecule has 6 heteroatoms. The first-order valence-corrected chi connectivity index (χ1v) is 8.57. The van der Waals surface area contributed by atoms with Gasteiger partial charge in [-0.25, -0.2) is 4.99 Å². The van der Waals surface area contributed by atoms with Crippen LogP contribution in [-0.4, -0.2) is 49.5 Å². The first-order chi connectivity index (χ1) is 10.7. The molecule has 134 valence electrons. The Labute approximate surface area is 158 Å². The number of rotatable bonds is 8. The average Bonchev–Trinajstić information content (AvgIpc) is 2.52. The maximum Gasteiger partial charge on any atom is 0.242 e. The fraction of sp³-hybridized carbons (Fsp3) is 0.765. The molecule has 0 spiro atoms. The molecule has 0 unspecified atom stereocenters. The molecular formula is C17H33IN4O. The number of guanidine groups is 1. The van der Waals surface area contributed by atoms with Gasteiger partial charge in [-0.15, -0.1) is 30.6 Å². The zero-order valence-electron chi connectivity index (χ0n) is 14.6. The third kappa shape index (κ3) is 9.84. The van der Waals surface area contributed by atoms with Crippen molar-refractivity contribution in [1.29, 1.82) is 0 Å². The summed E-state index contributed by atoms with van der Waals surface area (Å²) in [5.41, 5.74) is 0. The largest absolute Gasteiger partial charge is 0.357 e. The van der Waals surface area contributed by atoms with Crippen LogP contribution in [0.5, 0.6) is 0 Å². The summed E-state index contributed by atoms with van der Waals surface area (Å²) in [4.78, 5) is 18.5. The number of hydrogen-bond donors (Lipinski definition) is 2. The number of aliphatic imine (C=N–C) groups is 1. The van der Waals surface area contributed by atoms with Crippen LogP contribution in [-0.2, 0) is 4.79 Å². The Morgan fingerprint density at radius 1 is 1.35 bits per heavy atom. The van der Waals surface area contributed by atoms with Crippen molar-refractivity contribution in [2.45, 2.75) is 57.9 Å². The van der Waals surface area contributed by atoms with Crippen LogP contribution in [0.3, 0.4) is 0 Å². The molecule has 0 radical (unpaired) electrons. The Hall–Kier alpha value is -0.790. The van der Waals surface area contributed by atoms with Crippen molar-refractivity contribution < 1.29 is 4.79 Å². The summed E-state index contributed by atoms with van der Waals surface area (Å²) in [7, 11) is 2.00. The molecule has 2 N–H and O–H groups in total. The van der Waals surface area contributed by atoms with Crippen LogP contribution in [0.25, 0.3) is 0 Å². The number of nitrogens with one attached hydrogen (secondary N) is 2. The van der Waals surface area contributed by atoms with Gasteiger partial charge in [-0.1, -0.05) is 25.3 Å². The Morgan fingerprint density at radius 2 is 2.04 bits per heavy atom. The highest BCUT2D eigenvalue weighted by molar-refractivity contribution is 14.0. The van der Waals surface area contributed by atoms with E-state index in [9.17, 15) is 4.79 Å². The molecule has 5 nitrogen and oxygen atoms in total. The molecule has 1 aliphatic carbocycles. The van der Waals surface area contributed by atoms with Crippen molar-refractivity contribution >= 4 is 35.8 Å². The van der Waals surface area contributed by atoms with E-state index in [0.29, 0.717) is 6.04 Å². The summed E-state index contributed by atoms with van der Waals surface area (Å²) in [6.45, 7) is 7.68. The molecule has 1 aliphatic rings. The van der Waals surface area contributed by atoms with E-state index in [2.05, 4.69) is 27.1 Å². The molecule has 0 aromatic heterocycles. The summed E-state index contributed by atoms with van der Waals surface area (Å²) in [6, 6.07) is 0.351.